The van der Waals surface area contributed by atoms with Crippen molar-refractivity contribution in [2.45, 2.75) is 4.21 Å². The van der Waals surface area contributed by atoms with E-state index in [1.807, 2.05) is 0 Å². The van der Waals surface area contributed by atoms with Crippen LogP contribution in [0.5, 0.6) is 5.75 Å². The van der Waals surface area contributed by atoms with E-state index in [2.05, 4.69) is 4.72 Å². The van der Waals surface area contributed by atoms with E-state index in [4.69, 9.17) is 22.1 Å². The number of thiophene rings is 1. The first kappa shape index (κ1) is 15.1. The fourth-order valence-corrected chi connectivity index (χ4v) is 4.00. The highest BCUT2D eigenvalue weighted by Gasteiger charge is 2.15. The number of sulfonamides is 1. The van der Waals surface area contributed by atoms with E-state index in [1.165, 1.54) is 6.07 Å². The summed E-state index contributed by atoms with van der Waals surface area (Å²) in [6.07, 6.45) is 0. The summed E-state index contributed by atoms with van der Waals surface area (Å²) in [6, 6.07) is 10.0. The van der Waals surface area contributed by atoms with Crippen LogP contribution in [0, 0.1) is 0 Å². The highest BCUT2D eigenvalue weighted by molar-refractivity contribution is 7.91. The Labute approximate surface area is 126 Å². The van der Waals surface area contributed by atoms with Crippen molar-refractivity contribution in [3.8, 4) is 5.75 Å². The Morgan fingerprint density at radius 1 is 1.25 bits per heavy atom. The normalized spacial score (nSPS) is 11.4. The van der Waals surface area contributed by atoms with Gasteiger partial charge in [0.15, 0.2) is 0 Å². The molecule has 0 unspecified atom stereocenters. The van der Waals surface area contributed by atoms with Crippen molar-refractivity contribution < 1.29 is 13.2 Å². The van der Waals surface area contributed by atoms with Crippen molar-refractivity contribution >= 4 is 38.6 Å². The maximum absolute atomic E-state index is 11.9. The lowest BCUT2D eigenvalue weighted by Crippen LogP contribution is -2.27. The van der Waals surface area contributed by atoms with Crippen molar-refractivity contribution in [1.82, 2.24) is 4.72 Å². The fourth-order valence-electron chi connectivity index (χ4n) is 1.46. The van der Waals surface area contributed by atoms with E-state index in [9.17, 15) is 8.42 Å². The average molecular weight is 333 g/mol. The van der Waals surface area contributed by atoms with Gasteiger partial charge in [0, 0.05) is 6.54 Å². The number of nitrogen functional groups attached to an aromatic ring is 1. The Bertz CT molecular complexity index is 686. The number of hydrogen-bond donors (Lipinski definition) is 2. The molecule has 3 N–H and O–H groups in total. The Balaban J connectivity index is 1.86. The van der Waals surface area contributed by atoms with Gasteiger partial charge in [-0.25, -0.2) is 13.1 Å². The van der Waals surface area contributed by atoms with Crippen molar-refractivity contribution in [2.75, 3.05) is 18.9 Å². The molecule has 0 radical (unpaired) electrons. The van der Waals surface area contributed by atoms with Crippen LogP contribution in [0.25, 0.3) is 0 Å². The van der Waals surface area contributed by atoms with E-state index >= 15 is 0 Å². The predicted molar refractivity (Wildman–Crippen MR) is 80.9 cm³/mol. The van der Waals surface area contributed by atoms with Gasteiger partial charge in [-0.2, -0.15) is 0 Å². The molecule has 5 nitrogen and oxygen atoms in total. The number of halogens is 1. The molecular weight excluding hydrogens is 320 g/mol. The third kappa shape index (κ3) is 3.86. The number of benzene rings is 1. The van der Waals surface area contributed by atoms with Gasteiger partial charge < -0.3 is 10.5 Å². The number of nitrogens with one attached hydrogen (secondary N) is 1. The third-order valence-corrected chi connectivity index (χ3v) is 5.57. The van der Waals surface area contributed by atoms with E-state index in [0.717, 1.165) is 11.3 Å². The Hall–Kier alpha value is -1.28. The lowest BCUT2D eigenvalue weighted by atomic mass is 10.3. The number of rotatable bonds is 6. The minimum atomic E-state index is -3.53. The summed E-state index contributed by atoms with van der Waals surface area (Å²) in [5, 5.41) is 0. The summed E-state index contributed by atoms with van der Waals surface area (Å²) in [7, 11) is -3.53. The van der Waals surface area contributed by atoms with Crippen molar-refractivity contribution in [1.29, 1.82) is 0 Å². The Kier molecular flexibility index (Phi) is 4.87. The first-order valence-electron chi connectivity index (χ1n) is 5.71. The second kappa shape index (κ2) is 6.45. The first-order valence-corrected chi connectivity index (χ1v) is 8.39. The number of nitrogens with two attached hydrogens (primary N) is 1. The molecule has 1 aromatic heterocycles. The van der Waals surface area contributed by atoms with Crippen molar-refractivity contribution in [3.05, 3.63) is 40.7 Å². The molecule has 2 aromatic rings. The van der Waals surface area contributed by atoms with E-state index in [1.54, 1.807) is 30.3 Å². The molecule has 0 bridgehead atoms. The number of anilines is 1. The van der Waals surface area contributed by atoms with Crippen molar-refractivity contribution in [3.63, 3.8) is 0 Å². The van der Waals surface area contributed by atoms with Crippen LogP contribution >= 0.6 is 22.9 Å². The highest BCUT2D eigenvalue weighted by Crippen LogP contribution is 2.25. The molecule has 0 atom stereocenters. The van der Waals surface area contributed by atoms with Crippen LogP contribution in [-0.4, -0.2) is 21.6 Å². The smallest absolute Gasteiger partial charge is 0.250 e. The van der Waals surface area contributed by atoms with E-state index in [-0.39, 0.29) is 17.4 Å². The summed E-state index contributed by atoms with van der Waals surface area (Å²) in [5.74, 6) is 0.533. The van der Waals surface area contributed by atoms with E-state index < -0.39 is 10.0 Å². The molecule has 20 heavy (non-hydrogen) atoms. The van der Waals surface area contributed by atoms with Gasteiger partial charge >= 0.3 is 0 Å². The maximum atomic E-state index is 11.9. The lowest BCUT2D eigenvalue weighted by molar-refractivity contribution is 0.324. The van der Waals surface area contributed by atoms with Gasteiger partial charge in [0.05, 0.1) is 10.0 Å². The SMILES string of the molecule is Nc1ccccc1OCCNS(=O)(=O)c1ccc(Cl)s1. The average Bonchev–Trinajstić information content (AvgIpc) is 2.84. The molecule has 108 valence electrons. The molecule has 0 aliphatic rings. The van der Waals surface area contributed by atoms with Gasteiger partial charge in [-0.1, -0.05) is 23.7 Å². The quantitative estimate of drug-likeness (QED) is 0.628. The predicted octanol–water partition coefficient (Wildman–Crippen LogP) is 2.34. The van der Waals surface area contributed by atoms with Crippen LogP contribution in [-0.2, 0) is 10.0 Å². The van der Waals surface area contributed by atoms with Crippen LogP contribution in [0.4, 0.5) is 5.69 Å². The van der Waals surface area contributed by atoms with Gasteiger partial charge in [0.25, 0.3) is 0 Å². The number of para-hydroxylation sites is 2. The summed E-state index contributed by atoms with van der Waals surface area (Å²) in [5.41, 5.74) is 6.22. The zero-order valence-electron chi connectivity index (χ0n) is 10.4. The third-order valence-electron chi connectivity index (χ3n) is 2.38. The Morgan fingerprint density at radius 2 is 2.00 bits per heavy atom. The summed E-state index contributed by atoms with van der Waals surface area (Å²) < 4.78 is 32.2. The van der Waals surface area contributed by atoms with Crippen LogP contribution in [0.15, 0.2) is 40.6 Å². The molecule has 0 spiro atoms. The summed E-state index contributed by atoms with van der Waals surface area (Å²) >= 11 is 6.72. The van der Waals surface area contributed by atoms with Gasteiger partial charge in [-0.15, -0.1) is 11.3 Å². The Morgan fingerprint density at radius 3 is 2.65 bits per heavy atom. The zero-order chi connectivity index (χ0) is 14.6. The molecule has 0 aliphatic heterocycles. The minimum Gasteiger partial charge on any atom is -0.490 e. The molecule has 0 saturated heterocycles. The maximum Gasteiger partial charge on any atom is 0.250 e. The van der Waals surface area contributed by atoms with Crippen LogP contribution in [0.2, 0.25) is 4.34 Å². The zero-order valence-corrected chi connectivity index (χ0v) is 12.8. The van der Waals surface area contributed by atoms with Crippen molar-refractivity contribution in [2.24, 2.45) is 0 Å². The van der Waals surface area contributed by atoms with Gasteiger partial charge in [-0.05, 0) is 24.3 Å². The van der Waals surface area contributed by atoms with Crippen LogP contribution in [0.3, 0.4) is 0 Å². The van der Waals surface area contributed by atoms with Gasteiger partial charge in [-0.3, -0.25) is 0 Å². The molecule has 0 amide bonds. The lowest BCUT2D eigenvalue weighted by Gasteiger charge is -2.09. The fraction of sp³-hybridized carbons (Fsp3) is 0.167. The molecule has 0 saturated carbocycles. The largest absolute Gasteiger partial charge is 0.490 e. The van der Waals surface area contributed by atoms with Crippen LogP contribution in [0.1, 0.15) is 0 Å². The van der Waals surface area contributed by atoms with Crippen LogP contribution < -0.4 is 15.2 Å². The second-order valence-corrected chi connectivity index (χ2v) is 7.55. The van der Waals surface area contributed by atoms with Gasteiger partial charge in [0.2, 0.25) is 10.0 Å². The molecule has 8 heteroatoms. The molecular formula is C12H13ClN2O3S2. The molecule has 1 heterocycles. The number of ether oxygens (including phenoxy) is 1. The summed E-state index contributed by atoms with van der Waals surface area (Å²) in [6.45, 7) is 0.332. The monoisotopic (exact) mass is 332 g/mol. The highest BCUT2D eigenvalue weighted by atomic mass is 35.5. The van der Waals surface area contributed by atoms with Gasteiger partial charge in [0.1, 0.15) is 16.6 Å². The molecule has 1 aromatic carbocycles. The first-order chi connectivity index (χ1) is 9.49. The second-order valence-electron chi connectivity index (χ2n) is 3.84. The standard InChI is InChI=1S/C12H13ClN2O3S2/c13-11-5-6-12(19-11)20(16,17)15-7-8-18-10-4-2-1-3-9(10)14/h1-6,15H,7-8,14H2. The molecule has 0 fully saturated rings. The number of hydrogen-bond acceptors (Lipinski definition) is 5. The molecule has 2 rings (SSSR count). The summed E-state index contributed by atoms with van der Waals surface area (Å²) in [4.78, 5) is 0. The minimum absolute atomic E-state index is 0.145. The topological polar surface area (TPSA) is 81.4 Å². The van der Waals surface area contributed by atoms with E-state index in [0.29, 0.717) is 15.8 Å². The molecule has 0 aliphatic carbocycles.